The van der Waals surface area contributed by atoms with Crippen LogP contribution in [0.3, 0.4) is 0 Å². The molecule has 136 valence electrons. The van der Waals surface area contributed by atoms with Crippen LogP contribution in [0.5, 0.6) is 0 Å². The van der Waals surface area contributed by atoms with E-state index in [0.29, 0.717) is 0 Å². The van der Waals surface area contributed by atoms with Crippen molar-refractivity contribution < 1.29 is 39.2 Å². The fourth-order valence-corrected chi connectivity index (χ4v) is 2.97. The van der Waals surface area contributed by atoms with Gasteiger partial charge in [-0.3, -0.25) is 0 Å². The first-order valence-corrected chi connectivity index (χ1v) is 7.41. The van der Waals surface area contributed by atoms with Crippen LogP contribution in [0.15, 0.2) is 16.5 Å². The first-order valence-electron chi connectivity index (χ1n) is 7.41. The van der Waals surface area contributed by atoms with E-state index in [-0.39, 0.29) is 44.5 Å². The molecule has 4 rings (SSSR count). The number of hydrogen-bond acceptors (Lipinski definition) is 7. The lowest BCUT2D eigenvalue weighted by atomic mass is 10.0. The van der Waals surface area contributed by atoms with E-state index in [4.69, 9.17) is 4.42 Å². The fraction of sp³-hybridized carbons (Fsp3) is 0.0625. The van der Waals surface area contributed by atoms with E-state index >= 15 is 0 Å². The van der Waals surface area contributed by atoms with Gasteiger partial charge in [0.2, 0.25) is 5.89 Å². The van der Waals surface area contributed by atoms with Crippen LogP contribution in [0, 0.1) is 0 Å². The van der Waals surface area contributed by atoms with Gasteiger partial charge in [-0.2, -0.15) is 0 Å². The number of benzene rings is 1. The maximum atomic E-state index is 11.7. The molecule has 5 N–H and O–H groups in total. The van der Waals surface area contributed by atoms with E-state index in [1.54, 1.807) is 0 Å². The summed E-state index contributed by atoms with van der Waals surface area (Å²) in [6, 6.07) is 2.11. The first kappa shape index (κ1) is 16.5. The fourth-order valence-electron chi connectivity index (χ4n) is 2.97. The van der Waals surface area contributed by atoms with Crippen molar-refractivity contribution in [1.82, 2.24) is 15.0 Å². The standard InChI is InChI=1S/C16H9N3O8/c20-3-8-19-12-11-9(4(14(21)22)1-6(18-11)15(23)24)10-5(13(12)27-8)2-7(17-10)16(25)26/h1-2,18,20H,3H2,(H,21,22)(H,23,24)(H,25,26). The van der Waals surface area contributed by atoms with Gasteiger partial charge in [0.25, 0.3) is 0 Å². The Balaban J connectivity index is 2.33. The zero-order chi connectivity index (χ0) is 19.5. The number of aliphatic hydroxyl groups is 1. The summed E-state index contributed by atoms with van der Waals surface area (Å²) >= 11 is 0. The Morgan fingerprint density at radius 1 is 1.00 bits per heavy atom. The molecule has 0 fully saturated rings. The van der Waals surface area contributed by atoms with Crippen LogP contribution in [0.25, 0.3) is 32.9 Å². The van der Waals surface area contributed by atoms with Crippen LogP contribution in [-0.2, 0) is 6.61 Å². The molecule has 0 unspecified atom stereocenters. The normalized spacial score (nSPS) is 11.4. The molecular formula is C16H9N3O8. The molecule has 1 aromatic carbocycles. The zero-order valence-corrected chi connectivity index (χ0v) is 13.2. The van der Waals surface area contributed by atoms with Gasteiger partial charge in [0.05, 0.1) is 16.6 Å². The molecule has 0 aliphatic carbocycles. The smallest absolute Gasteiger partial charge is 0.354 e. The number of H-pyrrole nitrogens is 1. The maximum Gasteiger partial charge on any atom is 0.354 e. The molecule has 0 spiro atoms. The number of nitrogens with one attached hydrogen (secondary N) is 1. The molecule has 3 aromatic heterocycles. The molecule has 0 saturated heterocycles. The van der Waals surface area contributed by atoms with Crippen molar-refractivity contribution in [2.24, 2.45) is 0 Å². The number of nitrogens with zero attached hydrogens (tertiary/aromatic N) is 2. The third-order valence-corrected chi connectivity index (χ3v) is 4.04. The van der Waals surface area contributed by atoms with Crippen LogP contribution in [0.1, 0.15) is 37.2 Å². The SMILES string of the molecule is O=C(O)c1cc2c(n1)c1c(C(=O)O)cc(C(=O)O)[nH]c1c1nc(CO)oc21. The highest BCUT2D eigenvalue weighted by molar-refractivity contribution is 6.26. The molecule has 0 saturated carbocycles. The Bertz CT molecular complexity index is 1300. The molecule has 0 radical (unpaired) electrons. The minimum Gasteiger partial charge on any atom is -0.478 e. The zero-order valence-electron chi connectivity index (χ0n) is 13.2. The number of hydrogen-bond donors (Lipinski definition) is 5. The number of oxazole rings is 1. The predicted octanol–water partition coefficient (Wildman–Crippen LogP) is 1.44. The molecule has 27 heavy (non-hydrogen) atoms. The molecule has 4 aromatic rings. The summed E-state index contributed by atoms with van der Waals surface area (Å²) in [7, 11) is 0. The number of aromatic amines is 1. The van der Waals surface area contributed by atoms with Gasteiger partial charge in [-0.05, 0) is 12.1 Å². The molecule has 0 atom stereocenters. The monoisotopic (exact) mass is 371 g/mol. The first-order chi connectivity index (χ1) is 12.8. The van der Waals surface area contributed by atoms with Crippen molar-refractivity contribution in [3.8, 4) is 0 Å². The highest BCUT2D eigenvalue weighted by atomic mass is 16.4. The van der Waals surface area contributed by atoms with Crippen LogP contribution in [0.2, 0.25) is 0 Å². The number of aromatic carboxylic acids is 3. The summed E-state index contributed by atoms with van der Waals surface area (Å²) in [5.41, 5.74) is -1.06. The number of fused-ring (bicyclic) bond motifs is 6. The van der Waals surface area contributed by atoms with Crippen molar-refractivity contribution in [3.63, 3.8) is 0 Å². The lowest BCUT2D eigenvalue weighted by Gasteiger charge is -2.07. The Morgan fingerprint density at radius 3 is 2.33 bits per heavy atom. The Hall–Kier alpha value is -3.99. The summed E-state index contributed by atoms with van der Waals surface area (Å²) < 4.78 is 5.42. The molecular weight excluding hydrogens is 362 g/mol. The van der Waals surface area contributed by atoms with Crippen LogP contribution >= 0.6 is 0 Å². The van der Waals surface area contributed by atoms with E-state index in [0.717, 1.165) is 6.07 Å². The summed E-state index contributed by atoms with van der Waals surface area (Å²) in [4.78, 5) is 45.0. The second-order valence-corrected chi connectivity index (χ2v) is 5.61. The third-order valence-electron chi connectivity index (χ3n) is 4.04. The van der Waals surface area contributed by atoms with E-state index in [1.807, 2.05) is 0 Å². The van der Waals surface area contributed by atoms with Crippen LogP contribution in [-0.4, -0.2) is 53.3 Å². The molecule has 11 nitrogen and oxygen atoms in total. The van der Waals surface area contributed by atoms with Crippen molar-refractivity contribution in [3.05, 3.63) is 35.0 Å². The molecule has 11 heteroatoms. The van der Waals surface area contributed by atoms with E-state index in [2.05, 4.69) is 15.0 Å². The summed E-state index contributed by atoms with van der Waals surface area (Å²) in [6.07, 6.45) is 0. The highest BCUT2D eigenvalue weighted by Gasteiger charge is 2.25. The average Bonchev–Trinajstić information content (AvgIpc) is 3.24. The van der Waals surface area contributed by atoms with Crippen molar-refractivity contribution >= 4 is 50.8 Å². The highest BCUT2D eigenvalue weighted by Crippen LogP contribution is 2.36. The molecule has 0 aliphatic heterocycles. The van der Waals surface area contributed by atoms with E-state index in [1.165, 1.54) is 6.07 Å². The van der Waals surface area contributed by atoms with Gasteiger partial charge in [-0.15, -0.1) is 0 Å². The molecule has 0 bridgehead atoms. The molecule has 0 aliphatic rings. The Labute approximate surface area is 147 Å². The van der Waals surface area contributed by atoms with Crippen LogP contribution in [0.4, 0.5) is 0 Å². The summed E-state index contributed by atoms with van der Waals surface area (Å²) in [5, 5.41) is 37.5. The summed E-state index contributed by atoms with van der Waals surface area (Å²) in [6.45, 7) is -0.567. The number of rotatable bonds is 4. The van der Waals surface area contributed by atoms with E-state index < -0.39 is 35.8 Å². The van der Waals surface area contributed by atoms with Crippen LogP contribution < -0.4 is 0 Å². The number of carbonyl (C=O) groups is 3. The largest absolute Gasteiger partial charge is 0.478 e. The van der Waals surface area contributed by atoms with Gasteiger partial charge in [-0.1, -0.05) is 0 Å². The van der Waals surface area contributed by atoms with Gasteiger partial charge in [0.1, 0.15) is 23.5 Å². The number of carboxylic acid groups (broad SMARTS) is 3. The average molecular weight is 371 g/mol. The lowest BCUT2D eigenvalue weighted by Crippen LogP contribution is -2.07. The molecule has 0 amide bonds. The quantitative estimate of drug-likeness (QED) is 0.351. The minimum atomic E-state index is -1.43. The third kappa shape index (κ3) is 2.29. The number of pyridine rings is 1. The van der Waals surface area contributed by atoms with Gasteiger partial charge < -0.3 is 29.8 Å². The van der Waals surface area contributed by atoms with Gasteiger partial charge in [0.15, 0.2) is 5.58 Å². The minimum absolute atomic E-state index is 0.00104. The maximum absolute atomic E-state index is 11.7. The number of aliphatic hydroxyl groups excluding tert-OH is 1. The Morgan fingerprint density at radius 2 is 1.74 bits per heavy atom. The van der Waals surface area contributed by atoms with Crippen molar-refractivity contribution in [2.75, 3.05) is 0 Å². The second kappa shape index (κ2) is 5.51. The van der Waals surface area contributed by atoms with Gasteiger partial charge >= 0.3 is 17.9 Å². The van der Waals surface area contributed by atoms with E-state index in [9.17, 15) is 34.8 Å². The topological polar surface area (TPSA) is 187 Å². The lowest BCUT2D eigenvalue weighted by molar-refractivity contribution is 0.0678. The summed E-state index contributed by atoms with van der Waals surface area (Å²) in [5.74, 6) is -4.27. The number of carboxylic acids is 3. The van der Waals surface area contributed by atoms with Crippen molar-refractivity contribution in [1.29, 1.82) is 0 Å². The Kier molecular flexibility index (Phi) is 3.36. The molecule has 3 heterocycles. The second-order valence-electron chi connectivity index (χ2n) is 5.61. The van der Waals surface area contributed by atoms with Gasteiger partial charge in [-0.25, -0.2) is 24.4 Å². The van der Waals surface area contributed by atoms with Crippen molar-refractivity contribution in [2.45, 2.75) is 6.61 Å². The number of aromatic nitrogens is 3. The predicted molar refractivity (Wildman–Crippen MR) is 88.0 cm³/mol. The van der Waals surface area contributed by atoms with Gasteiger partial charge in [0, 0.05) is 10.8 Å².